The highest BCUT2D eigenvalue weighted by atomic mass is 16.5. The van der Waals surface area contributed by atoms with Crippen molar-refractivity contribution in [3.05, 3.63) is 41.1 Å². The van der Waals surface area contributed by atoms with E-state index in [1.54, 1.807) is 13.8 Å². The van der Waals surface area contributed by atoms with Gasteiger partial charge >= 0.3 is 12.0 Å². The molecule has 2 N–H and O–H groups in total. The number of benzene rings is 1. The number of anilines is 1. The van der Waals surface area contributed by atoms with E-state index < -0.39 is 12.0 Å². The molecule has 1 atom stereocenters. The van der Waals surface area contributed by atoms with Crippen LogP contribution in [0.3, 0.4) is 0 Å². The van der Waals surface area contributed by atoms with Gasteiger partial charge in [0, 0.05) is 25.0 Å². The van der Waals surface area contributed by atoms with E-state index in [2.05, 4.69) is 22.5 Å². The molecule has 0 radical (unpaired) electrons. The van der Waals surface area contributed by atoms with Gasteiger partial charge < -0.3 is 20.3 Å². The molecule has 1 aliphatic heterocycles. The second-order valence-electron chi connectivity index (χ2n) is 5.40. The van der Waals surface area contributed by atoms with Gasteiger partial charge in [-0.2, -0.15) is 0 Å². The van der Waals surface area contributed by atoms with Crippen molar-refractivity contribution in [3.63, 3.8) is 0 Å². The quantitative estimate of drug-likeness (QED) is 0.818. The van der Waals surface area contributed by atoms with Gasteiger partial charge in [-0.3, -0.25) is 0 Å². The van der Waals surface area contributed by atoms with Crippen LogP contribution in [0.1, 0.15) is 32.4 Å². The summed E-state index contributed by atoms with van der Waals surface area (Å²) in [6.07, 6.45) is 0. The van der Waals surface area contributed by atoms with E-state index in [0.717, 1.165) is 17.8 Å². The van der Waals surface area contributed by atoms with Crippen LogP contribution in [-0.4, -0.2) is 32.2 Å². The number of esters is 1. The van der Waals surface area contributed by atoms with Gasteiger partial charge in [0.15, 0.2) is 0 Å². The van der Waals surface area contributed by atoms with Gasteiger partial charge in [-0.1, -0.05) is 12.1 Å². The van der Waals surface area contributed by atoms with Crippen molar-refractivity contribution in [2.24, 2.45) is 0 Å². The highest BCUT2D eigenvalue weighted by Crippen LogP contribution is 2.28. The largest absolute Gasteiger partial charge is 0.463 e. The third kappa shape index (κ3) is 3.64. The number of amides is 2. The maximum Gasteiger partial charge on any atom is 0.338 e. The fourth-order valence-electron chi connectivity index (χ4n) is 2.53. The molecule has 2 rings (SSSR count). The minimum absolute atomic E-state index is 0.288. The molecule has 23 heavy (non-hydrogen) atoms. The Balaban J connectivity index is 2.36. The van der Waals surface area contributed by atoms with Gasteiger partial charge in [-0.15, -0.1) is 0 Å². The van der Waals surface area contributed by atoms with Crippen LogP contribution in [0, 0.1) is 0 Å². The minimum Gasteiger partial charge on any atom is -0.463 e. The average molecular weight is 317 g/mol. The second-order valence-corrected chi connectivity index (χ2v) is 5.40. The molecule has 1 aromatic rings. The summed E-state index contributed by atoms with van der Waals surface area (Å²) in [4.78, 5) is 26.1. The normalized spacial score (nSPS) is 17.4. The van der Waals surface area contributed by atoms with Crippen molar-refractivity contribution in [1.29, 1.82) is 0 Å². The van der Waals surface area contributed by atoms with E-state index in [0.29, 0.717) is 11.3 Å². The van der Waals surface area contributed by atoms with Crippen molar-refractivity contribution >= 4 is 17.7 Å². The number of carbonyl (C=O) groups excluding carboxylic acids is 2. The van der Waals surface area contributed by atoms with Crippen molar-refractivity contribution in [3.8, 4) is 0 Å². The van der Waals surface area contributed by atoms with Crippen molar-refractivity contribution in [2.75, 3.05) is 25.1 Å². The van der Waals surface area contributed by atoms with Gasteiger partial charge in [0.25, 0.3) is 0 Å². The monoisotopic (exact) mass is 317 g/mol. The Morgan fingerprint density at radius 3 is 2.48 bits per heavy atom. The lowest BCUT2D eigenvalue weighted by Gasteiger charge is -2.28. The third-order valence-corrected chi connectivity index (χ3v) is 3.91. The molecular formula is C17H23N3O3. The topological polar surface area (TPSA) is 70.7 Å². The fraction of sp³-hybridized carbons (Fsp3) is 0.412. The molecule has 0 aromatic heterocycles. The summed E-state index contributed by atoms with van der Waals surface area (Å²) >= 11 is 0. The predicted molar refractivity (Wildman–Crippen MR) is 89.1 cm³/mol. The summed E-state index contributed by atoms with van der Waals surface area (Å²) in [5, 5.41) is 5.42. The molecule has 0 spiro atoms. The number of hydrogen-bond acceptors (Lipinski definition) is 4. The zero-order valence-electron chi connectivity index (χ0n) is 14.0. The highest BCUT2D eigenvalue weighted by molar-refractivity contribution is 5.95. The number of nitrogens with one attached hydrogen (secondary N) is 2. The maximum absolute atomic E-state index is 12.2. The summed E-state index contributed by atoms with van der Waals surface area (Å²) in [7, 11) is 2.01. The van der Waals surface area contributed by atoms with Gasteiger partial charge in [-0.25, -0.2) is 9.59 Å². The lowest BCUT2D eigenvalue weighted by atomic mass is 9.95. The van der Waals surface area contributed by atoms with Crippen LogP contribution in [0.4, 0.5) is 10.5 Å². The molecule has 6 heteroatoms. The van der Waals surface area contributed by atoms with Crippen LogP contribution in [0.5, 0.6) is 0 Å². The van der Waals surface area contributed by atoms with E-state index in [1.807, 2.05) is 31.3 Å². The zero-order valence-corrected chi connectivity index (χ0v) is 14.0. The molecule has 1 aromatic carbocycles. The van der Waals surface area contributed by atoms with Crippen molar-refractivity contribution in [1.82, 2.24) is 10.6 Å². The maximum atomic E-state index is 12.2. The number of hydrogen-bond donors (Lipinski definition) is 2. The van der Waals surface area contributed by atoms with Gasteiger partial charge in [-0.05, 0) is 38.5 Å². The second kappa shape index (κ2) is 7.17. The molecule has 0 bridgehead atoms. The molecule has 0 saturated carbocycles. The van der Waals surface area contributed by atoms with Crippen LogP contribution in [0.15, 0.2) is 35.5 Å². The van der Waals surface area contributed by atoms with Crippen LogP contribution >= 0.6 is 0 Å². The Kier molecular flexibility index (Phi) is 5.26. The summed E-state index contributed by atoms with van der Waals surface area (Å²) in [6.45, 7) is 6.73. The van der Waals surface area contributed by atoms with Gasteiger partial charge in [0.2, 0.25) is 0 Å². The Morgan fingerprint density at radius 1 is 1.26 bits per heavy atom. The van der Waals surface area contributed by atoms with Gasteiger partial charge in [0.1, 0.15) is 0 Å². The summed E-state index contributed by atoms with van der Waals surface area (Å²) in [5.74, 6) is -0.419. The smallest absolute Gasteiger partial charge is 0.338 e. The number of carbonyl (C=O) groups is 2. The molecule has 0 unspecified atom stereocenters. The highest BCUT2D eigenvalue weighted by Gasteiger charge is 2.31. The molecule has 0 fully saturated rings. The van der Waals surface area contributed by atoms with Gasteiger partial charge in [0.05, 0.1) is 18.2 Å². The first-order valence-corrected chi connectivity index (χ1v) is 7.74. The average Bonchev–Trinajstić information content (AvgIpc) is 2.53. The summed E-state index contributed by atoms with van der Waals surface area (Å²) in [5.41, 5.74) is 2.88. The standard InChI is InChI=1S/C17H23N3O3/c1-5-20(4)13-9-7-12(8-10-13)15-14(16(21)23-6-2)11(3)18-17(22)19-15/h7-10,15H,5-6H2,1-4H3,(H2,18,19,22)/t15-/m0/s1. The SMILES string of the molecule is CCOC(=O)C1=C(C)NC(=O)N[C@H]1c1ccc(N(C)CC)cc1. The van der Waals surface area contributed by atoms with Crippen LogP contribution < -0.4 is 15.5 Å². The van der Waals surface area contributed by atoms with Crippen LogP contribution in [0.25, 0.3) is 0 Å². The Labute approximate surface area is 136 Å². The molecular weight excluding hydrogens is 294 g/mol. The number of urea groups is 1. The Hall–Kier alpha value is -2.50. The number of allylic oxidation sites excluding steroid dienone is 1. The lowest BCUT2D eigenvalue weighted by molar-refractivity contribution is -0.139. The molecule has 0 aliphatic carbocycles. The van der Waals surface area contributed by atoms with Crippen LogP contribution in [-0.2, 0) is 9.53 Å². The molecule has 1 aliphatic rings. The lowest BCUT2D eigenvalue weighted by Crippen LogP contribution is -2.45. The number of ether oxygens (including phenoxy) is 1. The van der Waals surface area contributed by atoms with Crippen molar-refractivity contribution in [2.45, 2.75) is 26.8 Å². The van der Waals surface area contributed by atoms with Crippen molar-refractivity contribution < 1.29 is 14.3 Å². The molecule has 0 saturated heterocycles. The first kappa shape index (κ1) is 16.9. The molecule has 1 heterocycles. The van der Waals surface area contributed by atoms with E-state index in [4.69, 9.17) is 4.74 Å². The molecule has 2 amide bonds. The van der Waals surface area contributed by atoms with E-state index in [9.17, 15) is 9.59 Å². The predicted octanol–water partition coefficient (Wildman–Crippen LogP) is 2.33. The Bertz CT molecular complexity index is 622. The van der Waals surface area contributed by atoms with Crippen LogP contribution in [0.2, 0.25) is 0 Å². The van der Waals surface area contributed by atoms with E-state index in [-0.39, 0.29) is 12.6 Å². The number of nitrogens with zero attached hydrogens (tertiary/aromatic N) is 1. The molecule has 6 nitrogen and oxygen atoms in total. The van der Waals surface area contributed by atoms with E-state index >= 15 is 0 Å². The summed E-state index contributed by atoms with van der Waals surface area (Å²) < 4.78 is 5.12. The summed E-state index contributed by atoms with van der Waals surface area (Å²) in [6, 6.07) is 6.96. The minimum atomic E-state index is -0.510. The first-order valence-electron chi connectivity index (χ1n) is 7.74. The number of rotatable bonds is 5. The zero-order chi connectivity index (χ0) is 17.0. The van der Waals surface area contributed by atoms with E-state index in [1.165, 1.54) is 0 Å². The first-order chi connectivity index (χ1) is 11.0. The Morgan fingerprint density at radius 2 is 1.91 bits per heavy atom. The third-order valence-electron chi connectivity index (χ3n) is 3.91. The fourth-order valence-corrected chi connectivity index (χ4v) is 2.53. The molecule has 124 valence electrons.